The minimum atomic E-state index is -0.230. The normalized spacial score (nSPS) is 10.3. The van der Waals surface area contributed by atoms with Gasteiger partial charge >= 0.3 is 0 Å². The van der Waals surface area contributed by atoms with Gasteiger partial charge < -0.3 is 10.6 Å². The van der Waals surface area contributed by atoms with Crippen LogP contribution in [0, 0.1) is 6.92 Å². The molecule has 0 spiro atoms. The standard InChI is InChI=1S/C22H21N3O2/c1-15-4-3-5-17(12-15)14-24-21-13-19(10-11-23-21)22(27)25-20-8-6-18(7-9-20)16(2)26/h3-13H,14H2,1-2H3,(H,23,24)(H,25,27). The lowest BCUT2D eigenvalue weighted by atomic mass is 10.1. The van der Waals surface area contributed by atoms with E-state index in [1.807, 2.05) is 12.1 Å². The number of nitrogens with zero attached hydrogens (tertiary/aromatic N) is 1. The summed E-state index contributed by atoms with van der Waals surface area (Å²) in [6.07, 6.45) is 1.60. The number of carbonyl (C=O) groups excluding carboxylic acids is 2. The first-order valence-corrected chi connectivity index (χ1v) is 8.69. The van der Waals surface area contributed by atoms with Crippen molar-refractivity contribution in [1.29, 1.82) is 0 Å². The van der Waals surface area contributed by atoms with Crippen molar-refractivity contribution >= 4 is 23.2 Å². The highest BCUT2D eigenvalue weighted by molar-refractivity contribution is 6.05. The molecule has 0 aliphatic carbocycles. The topological polar surface area (TPSA) is 71.1 Å². The molecule has 0 aliphatic heterocycles. The van der Waals surface area contributed by atoms with Crippen molar-refractivity contribution in [2.45, 2.75) is 20.4 Å². The van der Waals surface area contributed by atoms with Gasteiger partial charge in [-0.05, 0) is 55.8 Å². The highest BCUT2D eigenvalue weighted by Gasteiger charge is 2.08. The fraction of sp³-hybridized carbons (Fsp3) is 0.136. The molecule has 0 radical (unpaired) electrons. The smallest absolute Gasteiger partial charge is 0.255 e. The van der Waals surface area contributed by atoms with Gasteiger partial charge in [0.25, 0.3) is 5.91 Å². The van der Waals surface area contributed by atoms with Crippen LogP contribution >= 0.6 is 0 Å². The molecule has 0 atom stereocenters. The Morgan fingerprint density at radius 1 is 0.963 bits per heavy atom. The van der Waals surface area contributed by atoms with Crippen LogP contribution in [-0.2, 0) is 6.54 Å². The molecule has 1 aromatic heterocycles. The summed E-state index contributed by atoms with van der Waals surface area (Å²) in [7, 11) is 0. The highest BCUT2D eigenvalue weighted by Crippen LogP contribution is 2.14. The highest BCUT2D eigenvalue weighted by atomic mass is 16.1. The second-order valence-electron chi connectivity index (χ2n) is 6.36. The van der Waals surface area contributed by atoms with Crippen LogP contribution < -0.4 is 10.6 Å². The van der Waals surface area contributed by atoms with Crippen LogP contribution in [0.15, 0.2) is 66.9 Å². The van der Waals surface area contributed by atoms with Crippen LogP contribution in [0.5, 0.6) is 0 Å². The van der Waals surface area contributed by atoms with Crippen molar-refractivity contribution in [2.75, 3.05) is 10.6 Å². The van der Waals surface area contributed by atoms with Gasteiger partial charge in [0, 0.05) is 29.6 Å². The number of carbonyl (C=O) groups is 2. The van der Waals surface area contributed by atoms with Crippen molar-refractivity contribution in [2.24, 2.45) is 0 Å². The van der Waals surface area contributed by atoms with Gasteiger partial charge in [-0.2, -0.15) is 0 Å². The summed E-state index contributed by atoms with van der Waals surface area (Å²) in [5.41, 5.74) is 4.10. The Bertz CT molecular complexity index is 965. The van der Waals surface area contributed by atoms with E-state index in [1.165, 1.54) is 12.5 Å². The first-order valence-electron chi connectivity index (χ1n) is 8.69. The molecule has 1 heterocycles. The van der Waals surface area contributed by atoms with Gasteiger partial charge in [0.1, 0.15) is 5.82 Å². The van der Waals surface area contributed by atoms with E-state index in [0.717, 1.165) is 5.56 Å². The Morgan fingerprint density at radius 2 is 1.74 bits per heavy atom. The molecule has 27 heavy (non-hydrogen) atoms. The van der Waals surface area contributed by atoms with Crippen LogP contribution in [0.3, 0.4) is 0 Å². The SMILES string of the molecule is CC(=O)c1ccc(NC(=O)c2ccnc(NCc3cccc(C)c3)c2)cc1. The number of amides is 1. The Morgan fingerprint density at radius 3 is 2.44 bits per heavy atom. The van der Waals surface area contributed by atoms with Gasteiger partial charge in [-0.15, -0.1) is 0 Å². The van der Waals surface area contributed by atoms with E-state index in [-0.39, 0.29) is 11.7 Å². The van der Waals surface area contributed by atoms with Gasteiger partial charge in [-0.25, -0.2) is 4.98 Å². The lowest BCUT2D eigenvalue weighted by molar-refractivity contribution is 0.101. The van der Waals surface area contributed by atoms with Crippen molar-refractivity contribution in [3.63, 3.8) is 0 Å². The summed E-state index contributed by atoms with van der Waals surface area (Å²) >= 11 is 0. The molecule has 3 aromatic rings. The second-order valence-corrected chi connectivity index (χ2v) is 6.36. The molecular formula is C22H21N3O2. The number of anilines is 2. The molecule has 0 aliphatic rings. The van der Waals surface area contributed by atoms with Gasteiger partial charge in [-0.3, -0.25) is 9.59 Å². The van der Waals surface area contributed by atoms with Gasteiger partial charge in [-0.1, -0.05) is 29.8 Å². The largest absolute Gasteiger partial charge is 0.366 e. The minimum absolute atomic E-state index is 0.00802. The predicted molar refractivity (Wildman–Crippen MR) is 107 cm³/mol. The summed E-state index contributed by atoms with van der Waals surface area (Å²) in [6.45, 7) is 4.19. The average molecular weight is 359 g/mol. The van der Waals surface area contributed by atoms with Crippen molar-refractivity contribution in [3.05, 3.63) is 89.1 Å². The molecule has 0 saturated carbocycles. The minimum Gasteiger partial charge on any atom is -0.366 e. The summed E-state index contributed by atoms with van der Waals surface area (Å²) in [5.74, 6) is 0.397. The molecule has 2 N–H and O–H groups in total. The van der Waals surface area contributed by atoms with E-state index < -0.39 is 0 Å². The van der Waals surface area contributed by atoms with Crippen molar-refractivity contribution in [3.8, 4) is 0 Å². The molecule has 0 bridgehead atoms. The van der Waals surface area contributed by atoms with Crippen molar-refractivity contribution in [1.82, 2.24) is 4.98 Å². The van der Waals surface area contributed by atoms with E-state index in [9.17, 15) is 9.59 Å². The Labute approximate surface area is 158 Å². The number of ketones is 1. The molecule has 0 fully saturated rings. The number of Topliss-reactive ketones (excluding diaryl/α,β-unsaturated/α-hetero) is 1. The zero-order chi connectivity index (χ0) is 19.2. The molecule has 5 nitrogen and oxygen atoms in total. The molecule has 3 rings (SSSR count). The Balaban J connectivity index is 1.65. The lowest BCUT2D eigenvalue weighted by Crippen LogP contribution is -2.13. The average Bonchev–Trinajstić information content (AvgIpc) is 2.67. The molecule has 5 heteroatoms. The Hall–Kier alpha value is -3.47. The zero-order valence-corrected chi connectivity index (χ0v) is 15.3. The number of aryl methyl sites for hydroxylation is 1. The number of nitrogens with one attached hydrogen (secondary N) is 2. The first-order chi connectivity index (χ1) is 13.0. The maximum absolute atomic E-state index is 12.5. The first kappa shape index (κ1) is 18.3. The number of hydrogen-bond donors (Lipinski definition) is 2. The summed E-state index contributed by atoms with van der Waals surface area (Å²) < 4.78 is 0. The fourth-order valence-electron chi connectivity index (χ4n) is 2.67. The maximum atomic E-state index is 12.5. The van der Waals surface area contributed by atoms with Crippen molar-refractivity contribution < 1.29 is 9.59 Å². The van der Waals surface area contributed by atoms with Gasteiger partial charge in [0.15, 0.2) is 5.78 Å². The summed E-state index contributed by atoms with van der Waals surface area (Å²) in [4.78, 5) is 28.1. The predicted octanol–water partition coefficient (Wildman–Crippen LogP) is 4.46. The van der Waals surface area contributed by atoms with Crippen LogP contribution in [0.4, 0.5) is 11.5 Å². The number of hydrogen-bond acceptors (Lipinski definition) is 4. The van der Waals surface area contributed by atoms with Crippen LogP contribution in [0.2, 0.25) is 0 Å². The van der Waals surface area contributed by atoms with E-state index >= 15 is 0 Å². The number of aromatic nitrogens is 1. The number of benzene rings is 2. The third-order valence-corrected chi connectivity index (χ3v) is 4.13. The van der Waals surface area contributed by atoms with Gasteiger partial charge in [0.05, 0.1) is 0 Å². The summed E-state index contributed by atoms with van der Waals surface area (Å²) in [6, 6.07) is 18.4. The van der Waals surface area contributed by atoms with E-state index in [1.54, 1.807) is 42.6 Å². The monoisotopic (exact) mass is 359 g/mol. The number of rotatable bonds is 6. The van der Waals surface area contributed by atoms with E-state index in [0.29, 0.717) is 29.2 Å². The molecular weight excluding hydrogens is 338 g/mol. The van der Waals surface area contributed by atoms with E-state index in [2.05, 4.69) is 34.7 Å². The molecule has 136 valence electrons. The summed E-state index contributed by atoms with van der Waals surface area (Å²) in [5, 5.41) is 6.07. The third kappa shape index (κ3) is 5.01. The van der Waals surface area contributed by atoms with Crippen LogP contribution in [-0.4, -0.2) is 16.7 Å². The fourth-order valence-corrected chi connectivity index (χ4v) is 2.67. The maximum Gasteiger partial charge on any atom is 0.255 e. The lowest BCUT2D eigenvalue weighted by Gasteiger charge is -2.09. The van der Waals surface area contributed by atoms with E-state index in [4.69, 9.17) is 0 Å². The van der Waals surface area contributed by atoms with Crippen LogP contribution in [0.1, 0.15) is 38.8 Å². The number of pyridine rings is 1. The third-order valence-electron chi connectivity index (χ3n) is 4.13. The second kappa shape index (κ2) is 8.27. The Kier molecular flexibility index (Phi) is 5.61. The zero-order valence-electron chi connectivity index (χ0n) is 15.3. The molecule has 0 saturated heterocycles. The molecule has 0 unspecified atom stereocenters. The molecule has 1 amide bonds. The molecule has 2 aromatic carbocycles. The van der Waals surface area contributed by atoms with Crippen LogP contribution in [0.25, 0.3) is 0 Å². The van der Waals surface area contributed by atoms with Gasteiger partial charge in [0.2, 0.25) is 0 Å². The quantitative estimate of drug-likeness (QED) is 0.638.